The van der Waals surface area contributed by atoms with E-state index in [0.29, 0.717) is 43.4 Å². The summed E-state index contributed by atoms with van der Waals surface area (Å²) in [5.74, 6) is -0.849. The van der Waals surface area contributed by atoms with Crippen molar-refractivity contribution in [1.82, 2.24) is 24.9 Å². The number of carbonyl (C=O) groups excluding carboxylic acids is 1. The molecule has 4 rings (SSSR count). The van der Waals surface area contributed by atoms with Crippen molar-refractivity contribution >= 4 is 16.7 Å². The van der Waals surface area contributed by atoms with Gasteiger partial charge in [-0.05, 0) is 31.4 Å². The van der Waals surface area contributed by atoms with E-state index in [2.05, 4.69) is 15.3 Å². The van der Waals surface area contributed by atoms with Gasteiger partial charge in [0.05, 0.1) is 35.1 Å². The Morgan fingerprint density at radius 3 is 2.74 bits per heavy atom. The number of fused-ring (bicyclic) bond motifs is 2. The lowest BCUT2D eigenvalue weighted by Crippen LogP contribution is -2.28. The van der Waals surface area contributed by atoms with E-state index in [1.54, 1.807) is 34.0 Å². The highest BCUT2D eigenvalue weighted by molar-refractivity contribution is 5.97. The maximum atomic E-state index is 14.8. The lowest BCUT2D eigenvalue weighted by atomic mass is 10.1. The molecule has 1 aromatic carbocycles. The van der Waals surface area contributed by atoms with Crippen molar-refractivity contribution in [3.05, 3.63) is 81.3 Å². The minimum atomic E-state index is -0.513. The van der Waals surface area contributed by atoms with Crippen LogP contribution in [0, 0.1) is 0 Å². The quantitative estimate of drug-likeness (QED) is 0.489. The summed E-state index contributed by atoms with van der Waals surface area (Å²) in [7, 11) is 1.84. The number of carbonyl (C=O) groups is 1. The summed E-state index contributed by atoms with van der Waals surface area (Å²) in [5, 5.41) is 12.2. The van der Waals surface area contributed by atoms with Crippen LogP contribution in [0.25, 0.3) is 10.8 Å². The third-order valence-corrected chi connectivity index (χ3v) is 5.51. The van der Waals surface area contributed by atoms with Crippen LogP contribution >= 0.6 is 0 Å². The fraction of sp³-hybridized carbons (Fsp3) is 0.304. The molecule has 1 amide bonds. The van der Waals surface area contributed by atoms with Gasteiger partial charge >= 0.3 is 0 Å². The van der Waals surface area contributed by atoms with Gasteiger partial charge in [0, 0.05) is 24.5 Å². The van der Waals surface area contributed by atoms with Crippen molar-refractivity contribution in [2.45, 2.75) is 39.3 Å². The number of halogens is 1. The summed E-state index contributed by atoms with van der Waals surface area (Å²) >= 11 is 0. The topological polar surface area (TPSA) is 83.9 Å². The SMILES string of the molecule is CCC=C(F)C(=CCCc1n[nH]c(=O)c2ccccc12)C(=O)N1Cc2cnn(C)c2C1. The largest absolute Gasteiger partial charge is 0.328 e. The van der Waals surface area contributed by atoms with Gasteiger partial charge in [0.15, 0.2) is 0 Å². The molecule has 0 spiro atoms. The van der Waals surface area contributed by atoms with Crippen molar-refractivity contribution < 1.29 is 9.18 Å². The third kappa shape index (κ3) is 4.05. The second-order valence-corrected chi connectivity index (χ2v) is 7.56. The number of nitrogens with one attached hydrogen (secondary N) is 1. The Labute approximate surface area is 178 Å². The van der Waals surface area contributed by atoms with E-state index < -0.39 is 5.83 Å². The number of rotatable bonds is 6. The van der Waals surface area contributed by atoms with Gasteiger partial charge in [0.25, 0.3) is 11.5 Å². The standard InChI is InChI=1S/C23H24FN5O2/c1-3-7-19(24)18(23(31)29-13-15-12-25-28(2)21(15)14-29)10-6-11-20-16-8-4-5-9-17(16)22(30)27-26-20/h4-5,7-10,12H,3,6,11,13-14H2,1-2H3,(H,27,30). The number of hydrogen-bond donors (Lipinski definition) is 1. The molecule has 0 fully saturated rings. The van der Waals surface area contributed by atoms with E-state index in [4.69, 9.17) is 0 Å². The molecule has 160 valence electrons. The number of nitrogens with zero attached hydrogens (tertiary/aromatic N) is 4. The molecule has 0 atom stereocenters. The van der Waals surface area contributed by atoms with Gasteiger partial charge in [0.2, 0.25) is 0 Å². The van der Waals surface area contributed by atoms with Crippen LogP contribution in [0.15, 0.2) is 58.8 Å². The molecule has 0 unspecified atom stereocenters. The van der Waals surface area contributed by atoms with E-state index in [1.165, 1.54) is 6.08 Å². The maximum Gasteiger partial charge on any atom is 0.272 e. The first-order valence-electron chi connectivity index (χ1n) is 10.3. The zero-order chi connectivity index (χ0) is 22.0. The summed E-state index contributed by atoms with van der Waals surface area (Å²) in [6, 6.07) is 7.23. The number of aromatic nitrogens is 4. The molecular weight excluding hydrogens is 397 g/mol. The normalized spacial score (nSPS) is 14.4. The smallest absolute Gasteiger partial charge is 0.272 e. The molecule has 7 nitrogen and oxygen atoms in total. The minimum absolute atomic E-state index is 0.0661. The van der Waals surface area contributed by atoms with E-state index in [9.17, 15) is 14.0 Å². The third-order valence-electron chi connectivity index (χ3n) is 5.51. The van der Waals surface area contributed by atoms with Crippen LogP contribution < -0.4 is 5.56 Å². The van der Waals surface area contributed by atoms with E-state index in [-0.39, 0.29) is 17.0 Å². The predicted octanol–water partition coefficient (Wildman–Crippen LogP) is 3.32. The van der Waals surface area contributed by atoms with Crippen molar-refractivity contribution in [2.75, 3.05) is 0 Å². The van der Waals surface area contributed by atoms with Crippen LogP contribution in [0.4, 0.5) is 4.39 Å². The molecule has 2 aromatic heterocycles. The molecule has 0 saturated heterocycles. The van der Waals surface area contributed by atoms with Crippen molar-refractivity contribution in [2.24, 2.45) is 7.05 Å². The molecule has 1 aliphatic heterocycles. The lowest BCUT2D eigenvalue weighted by molar-refractivity contribution is -0.127. The summed E-state index contributed by atoms with van der Waals surface area (Å²) in [6.45, 7) is 2.66. The van der Waals surface area contributed by atoms with Gasteiger partial charge in [-0.1, -0.05) is 31.2 Å². The number of H-pyrrole nitrogens is 1. The fourth-order valence-electron chi connectivity index (χ4n) is 3.89. The van der Waals surface area contributed by atoms with Crippen molar-refractivity contribution in [3.63, 3.8) is 0 Å². The van der Waals surface area contributed by atoms with Crippen LogP contribution in [0.5, 0.6) is 0 Å². The molecule has 0 saturated carbocycles. The lowest BCUT2D eigenvalue weighted by Gasteiger charge is -2.17. The molecule has 0 radical (unpaired) electrons. The summed E-state index contributed by atoms with van der Waals surface area (Å²) < 4.78 is 16.5. The van der Waals surface area contributed by atoms with Crippen LogP contribution in [-0.2, 0) is 31.4 Å². The van der Waals surface area contributed by atoms with Gasteiger partial charge in [-0.2, -0.15) is 10.2 Å². The monoisotopic (exact) mass is 421 g/mol. The molecule has 3 heterocycles. The van der Waals surface area contributed by atoms with Gasteiger partial charge in [-0.25, -0.2) is 9.49 Å². The number of aromatic amines is 1. The van der Waals surface area contributed by atoms with E-state index >= 15 is 0 Å². The Bertz CT molecular complexity index is 1250. The number of hydrogen-bond acceptors (Lipinski definition) is 4. The highest BCUT2D eigenvalue weighted by atomic mass is 19.1. The van der Waals surface area contributed by atoms with Crippen LogP contribution in [-0.4, -0.2) is 30.8 Å². The minimum Gasteiger partial charge on any atom is -0.328 e. The van der Waals surface area contributed by atoms with Gasteiger partial charge in [-0.3, -0.25) is 14.3 Å². The van der Waals surface area contributed by atoms with Gasteiger partial charge < -0.3 is 4.90 Å². The number of aryl methyl sites for hydroxylation is 2. The molecule has 1 aliphatic rings. The predicted molar refractivity (Wildman–Crippen MR) is 116 cm³/mol. The second-order valence-electron chi connectivity index (χ2n) is 7.56. The van der Waals surface area contributed by atoms with Crippen molar-refractivity contribution in [1.29, 1.82) is 0 Å². The summed E-state index contributed by atoms with van der Waals surface area (Å²) in [6.07, 6.45) is 6.17. The van der Waals surface area contributed by atoms with Crippen LogP contribution in [0.2, 0.25) is 0 Å². The highest BCUT2D eigenvalue weighted by Crippen LogP contribution is 2.26. The maximum absolute atomic E-state index is 14.8. The molecule has 31 heavy (non-hydrogen) atoms. The Morgan fingerprint density at radius 1 is 1.23 bits per heavy atom. The van der Waals surface area contributed by atoms with Crippen molar-refractivity contribution in [3.8, 4) is 0 Å². The number of amides is 1. The van der Waals surface area contributed by atoms with E-state index in [1.807, 2.05) is 26.1 Å². The summed E-state index contributed by atoms with van der Waals surface area (Å²) in [4.78, 5) is 26.7. The Kier molecular flexibility index (Phi) is 5.79. The van der Waals surface area contributed by atoms with Crippen LogP contribution in [0.3, 0.4) is 0 Å². The molecule has 3 aromatic rings. The zero-order valence-corrected chi connectivity index (χ0v) is 17.6. The Hall–Kier alpha value is -3.55. The van der Waals surface area contributed by atoms with Gasteiger partial charge in [-0.15, -0.1) is 0 Å². The van der Waals surface area contributed by atoms with E-state index in [0.717, 1.165) is 16.6 Å². The molecular formula is C23H24FN5O2. The fourth-order valence-corrected chi connectivity index (χ4v) is 3.89. The molecule has 0 aliphatic carbocycles. The first-order chi connectivity index (χ1) is 15.0. The molecule has 8 heteroatoms. The number of benzene rings is 1. The first kappa shape index (κ1) is 20.7. The Morgan fingerprint density at radius 2 is 2.00 bits per heavy atom. The van der Waals surface area contributed by atoms with Crippen LogP contribution in [0.1, 0.15) is 36.7 Å². The zero-order valence-electron chi connectivity index (χ0n) is 17.6. The molecule has 1 N–H and O–H groups in total. The Balaban J connectivity index is 1.56. The number of allylic oxidation sites excluding steroid dienone is 2. The second kappa shape index (κ2) is 8.67. The molecule has 0 bridgehead atoms. The van der Waals surface area contributed by atoms with Gasteiger partial charge in [0.1, 0.15) is 5.83 Å². The summed E-state index contributed by atoms with van der Waals surface area (Å²) in [5.41, 5.74) is 2.48. The highest BCUT2D eigenvalue weighted by Gasteiger charge is 2.29. The average Bonchev–Trinajstić information content (AvgIpc) is 3.35. The first-order valence-corrected chi connectivity index (χ1v) is 10.3. The average molecular weight is 421 g/mol.